The fraction of sp³-hybridized carbons (Fsp3) is 0.308. The van der Waals surface area contributed by atoms with Gasteiger partial charge in [0.15, 0.2) is 0 Å². The third-order valence-electron chi connectivity index (χ3n) is 5.19. The molecule has 0 aliphatic rings. The van der Waals surface area contributed by atoms with E-state index in [9.17, 15) is 4.39 Å². The van der Waals surface area contributed by atoms with Crippen molar-refractivity contribution in [1.82, 2.24) is 0 Å². The maximum absolute atomic E-state index is 14.5. The van der Waals surface area contributed by atoms with Crippen LogP contribution in [0.25, 0.3) is 11.1 Å². The normalized spacial score (nSPS) is 10.9. The Bertz CT molecular complexity index is 844. The van der Waals surface area contributed by atoms with E-state index in [1.165, 1.54) is 29.5 Å². The Hall–Kier alpha value is -2.41. The van der Waals surface area contributed by atoms with Crippen molar-refractivity contribution >= 4 is 0 Å². The second-order valence-electron chi connectivity index (χ2n) is 7.45. The van der Waals surface area contributed by atoms with Crippen LogP contribution in [0.15, 0.2) is 66.7 Å². The van der Waals surface area contributed by atoms with E-state index in [0.717, 1.165) is 36.8 Å². The van der Waals surface area contributed by atoms with Crippen LogP contribution in [-0.2, 0) is 19.3 Å². The van der Waals surface area contributed by atoms with E-state index in [2.05, 4.69) is 56.3 Å². The molecule has 0 fully saturated rings. The fourth-order valence-electron chi connectivity index (χ4n) is 3.42. The first-order chi connectivity index (χ1) is 13.2. The molecule has 0 amide bonds. The molecule has 0 atom stereocenters. The van der Waals surface area contributed by atoms with Crippen molar-refractivity contribution in [2.45, 2.75) is 52.4 Å². The molecule has 0 saturated heterocycles. The molecule has 3 aromatic rings. The van der Waals surface area contributed by atoms with Crippen LogP contribution in [-0.4, -0.2) is 0 Å². The summed E-state index contributed by atoms with van der Waals surface area (Å²) >= 11 is 0. The predicted molar refractivity (Wildman–Crippen MR) is 114 cm³/mol. The molecule has 0 nitrogen and oxygen atoms in total. The molecule has 0 radical (unpaired) electrons. The Morgan fingerprint density at radius 1 is 0.667 bits per heavy atom. The molecular formula is C26H29F. The van der Waals surface area contributed by atoms with Gasteiger partial charge in [0.2, 0.25) is 0 Å². The molecule has 0 aliphatic heterocycles. The first kappa shape index (κ1) is 19.4. The van der Waals surface area contributed by atoms with E-state index in [1.54, 1.807) is 6.07 Å². The minimum Gasteiger partial charge on any atom is -0.206 e. The van der Waals surface area contributed by atoms with Crippen molar-refractivity contribution in [3.63, 3.8) is 0 Å². The predicted octanol–water partition coefficient (Wildman–Crippen LogP) is 7.32. The zero-order valence-corrected chi connectivity index (χ0v) is 16.5. The lowest BCUT2D eigenvalue weighted by Gasteiger charge is -2.08. The maximum atomic E-state index is 14.5. The molecule has 0 aliphatic carbocycles. The molecule has 0 heterocycles. The molecule has 27 heavy (non-hydrogen) atoms. The molecule has 0 spiro atoms. The number of hydrogen-bond acceptors (Lipinski definition) is 0. The Balaban J connectivity index is 1.63. The van der Waals surface area contributed by atoms with Gasteiger partial charge in [0, 0.05) is 5.56 Å². The highest BCUT2D eigenvalue weighted by Crippen LogP contribution is 2.25. The first-order valence-corrected chi connectivity index (χ1v) is 10.1. The van der Waals surface area contributed by atoms with E-state index in [-0.39, 0.29) is 5.82 Å². The van der Waals surface area contributed by atoms with Gasteiger partial charge in [-0.25, -0.2) is 4.39 Å². The van der Waals surface area contributed by atoms with Crippen LogP contribution in [0.2, 0.25) is 0 Å². The van der Waals surface area contributed by atoms with Gasteiger partial charge in [-0.2, -0.15) is 0 Å². The standard InChI is InChI=1S/C26H29F/c1-3-4-5-6-23-15-18-25(26(27)19-23)24-16-13-22(14-17-24)12-11-21-9-7-20(2)8-10-21/h7-10,13-19H,3-6,11-12H2,1-2H3. The van der Waals surface area contributed by atoms with Gasteiger partial charge in [0.25, 0.3) is 0 Å². The topological polar surface area (TPSA) is 0 Å². The van der Waals surface area contributed by atoms with Gasteiger partial charge in [-0.3, -0.25) is 0 Å². The summed E-state index contributed by atoms with van der Waals surface area (Å²) in [7, 11) is 0. The van der Waals surface area contributed by atoms with Gasteiger partial charge in [-0.15, -0.1) is 0 Å². The molecule has 0 saturated carbocycles. The van der Waals surface area contributed by atoms with E-state index in [0.29, 0.717) is 5.56 Å². The summed E-state index contributed by atoms with van der Waals surface area (Å²) in [6, 6.07) is 22.7. The molecule has 0 aromatic heterocycles. The number of benzene rings is 3. The van der Waals surface area contributed by atoms with Crippen LogP contribution in [0.4, 0.5) is 4.39 Å². The Morgan fingerprint density at radius 3 is 1.85 bits per heavy atom. The third-order valence-corrected chi connectivity index (χ3v) is 5.19. The maximum Gasteiger partial charge on any atom is 0.131 e. The summed E-state index contributed by atoms with van der Waals surface area (Å²) in [5, 5.41) is 0. The van der Waals surface area contributed by atoms with Crippen LogP contribution in [0.3, 0.4) is 0 Å². The summed E-state index contributed by atoms with van der Waals surface area (Å²) in [5.41, 5.74) is 6.68. The molecule has 0 bridgehead atoms. The molecule has 0 N–H and O–H groups in total. The fourth-order valence-corrected chi connectivity index (χ4v) is 3.42. The highest BCUT2D eigenvalue weighted by atomic mass is 19.1. The van der Waals surface area contributed by atoms with Crippen LogP contribution >= 0.6 is 0 Å². The van der Waals surface area contributed by atoms with Gasteiger partial charge in [-0.1, -0.05) is 86.0 Å². The van der Waals surface area contributed by atoms with Crippen molar-refractivity contribution in [1.29, 1.82) is 0 Å². The van der Waals surface area contributed by atoms with Crippen molar-refractivity contribution in [2.75, 3.05) is 0 Å². The largest absolute Gasteiger partial charge is 0.206 e. The second kappa shape index (κ2) is 9.50. The number of aryl methyl sites for hydroxylation is 4. The average molecular weight is 361 g/mol. The molecule has 3 aromatic carbocycles. The van der Waals surface area contributed by atoms with Gasteiger partial charge < -0.3 is 0 Å². The van der Waals surface area contributed by atoms with Crippen molar-refractivity contribution in [2.24, 2.45) is 0 Å². The third kappa shape index (κ3) is 5.53. The Kier molecular flexibility index (Phi) is 6.81. The Labute approximate surface area is 163 Å². The summed E-state index contributed by atoms with van der Waals surface area (Å²) < 4.78 is 14.5. The monoisotopic (exact) mass is 360 g/mol. The smallest absolute Gasteiger partial charge is 0.131 e. The van der Waals surface area contributed by atoms with E-state index < -0.39 is 0 Å². The molecular weight excluding hydrogens is 331 g/mol. The van der Waals surface area contributed by atoms with Crippen molar-refractivity contribution in [3.05, 3.63) is 94.8 Å². The number of halogens is 1. The van der Waals surface area contributed by atoms with Crippen LogP contribution in [0.5, 0.6) is 0 Å². The van der Waals surface area contributed by atoms with Crippen LogP contribution in [0.1, 0.15) is 48.4 Å². The van der Waals surface area contributed by atoms with Gasteiger partial charge in [-0.05, 0) is 60.9 Å². The summed E-state index contributed by atoms with van der Waals surface area (Å²) in [6.07, 6.45) is 6.51. The molecule has 1 heteroatoms. The molecule has 0 unspecified atom stereocenters. The van der Waals surface area contributed by atoms with E-state index in [1.807, 2.05) is 18.2 Å². The summed E-state index contributed by atoms with van der Waals surface area (Å²) in [6.45, 7) is 4.30. The van der Waals surface area contributed by atoms with Crippen molar-refractivity contribution in [3.8, 4) is 11.1 Å². The summed E-state index contributed by atoms with van der Waals surface area (Å²) in [5.74, 6) is -0.114. The highest BCUT2D eigenvalue weighted by molar-refractivity contribution is 5.64. The van der Waals surface area contributed by atoms with Crippen LogP contribution < -0.4 is 0 Å². The number of rotatable bonds is 8. The van der Waals surface area contributed by atoms with E-state index in [4.69, 9.17) is 0 Å². The minimum atomic E-state index is -0.114. The van der Waals surface area contributed by atoms with Gasteiger partial charge in [0.1, 0.15) is 5.82 Å². The highest BCUT2D eigenvalue weighted by Gasteiger charge is 2.07. The lowest BCUT2D eigenvalue weighted by atomic mass is 9.98. The zero-order valence-electron chi connectivity index (χ0n) is 16.5. The number of unbranched alkanes of at least 4 members (excludes halogenated alkanes) is 2. The van der Waals surface area contributed by atoms with Gasteiger partial charge >= 0.3 is 0 Å². The van der Waals surface area contributed by atoms with Gasteiger partial charge in [0.05, 0.1) is 0 Å². The lowest BCUT2D eigenvalue weighted by Crippen LogP contribution is -1.93. The van der Waals surface area contributed by atoms with Crippen LogP contribution in [0, 0.1) is 12.7 Å². The molecule has 140 valence electrons. The second-order valence-corrected chi connectivity index (χ2v) is 7.45. The zero-order chi connectivity index (χ0) is 19.1. The van der Waals surface area contributed by atoms with Crippen molar-refractivity contribution < 1.29 is 4.39 Å². The number of hydrogen-bond donors (Lipinski definition) is 0. The first-order valence-electron chi connectivity index (χ1n) is 10.1. The summed E-state index contributed by atoms with van der Waals surface area (Å²) in [4.78, 5) is 0. The Morgan fingerprint density at radius 2 is 1.26 bits per heavy atom. The quantitative estimate of drug-likeness (QED) is 0.369. The minimum absolute atomic E-state index is 0.114. The lowest BCUT2D eigenvalue weighted by molar-refractivity contribution is 0.626. The van der Waals surface area contributed by atoms with E-state index >= 15 is 0 Å². The molecule has 3 rings (SSSR count). The SMILES string of the molecule is CCCCCc1ccc(-c2ccc(CCc3ccc(C)cc3)cc2)c(F)c1. The average Bonchev–Trinajstić information content (AvgIpc) is 2.68.